The van der Waals surface area contributed by atoms with Crippen LogP contribution in [0.5, 0.6) is 0 Å². The third-order valence-electron chi connectivity index (χ3n) is 2.41. The first-order chi connectivity index (χ1) is 6.15. The van der Waals surface area contributed by atoms with E-state index >= 15 is 0 Å². The minimum Gasteiger partial charge on any atom is -0.312 e. The molecule has 13 heavy (non-hydrogen) atoms. The van der Waals surface area contributed by atoms with Gasteiger partial charge >= 0.3 is 0 Å². The number of nitrogens with one attached hydrogen (secondary N) is 1. The lowest BCUT2D eigenvalue weighted by molar-refractivity contribution is 0.371. The minimum absolute atomic E-state index is 0.411. The Morgan fingerprint density at radius 1 is 1.54 bits per heavy atom. The summed E-state index contributed by atoms with van der Waals surface area (Å²) in [5.74, 6) is 0. The van der Waals surface area contributed by atoms with Crippen molar-refractivity contribution in [1.29, 1.82) is 0 Å². The quantitative estimate of drug-likeness (QED) is 0.767. The predicted octanol–water partition coefficient (Wildman–Crippen LogP) is 1.75. The molecule has 1 N–H and O–H groups in total. The summed E-state index contributed by atoms with van der Waals surface area (Å²) in [6, 6.07) is 2.91. The van der Waals surface area contributed by atoms with Crippen LogP contribution in [0.25, 0.3) is 0 Å². The summed E-state index contributed by atoms with van der Waals surface area (Å²) in [5.41, 5.74) is 1.08. The topological polar surface area (TPSA) is 29.9 Å². The molecule has 0 aliphatic carbocycles. The van der Waals surface area contributed by atoms with E-state index in [9.17, 15) is 0 Å². The van der Waals surface area contributed by atoms with Crippen molar-refractivity contribution in [3.05, 3.63) is 18.0 Å². The fourth-order valence-corrected chi connectivity index (χ4v) is 1.38. The Bertz CT molecular complexity index is 254. The van der Waals surface area contributed by atoms with E-state index in [0.29, 0.717) is 12.1 Å². The van der Waals surface area contributed by atoms with Crippen LogP contribution in [-0.2, 0) is 0 Å². The summed E-state index contributed by atoms with van der Waals surface area (Å²) >= 11 is 0. The predicted molar refractivity (Wildman–Crippen MR) is 54.8 cm³/mol. The molecule has 3 nitrogen and oxygen atoms in total. The molecule has 1 aromatic heterocycles. The molecule has 0 spiro atoms. The summed E-state index contributed by atoms with van der Waals surface area (Å²) in [5, 5.41) is 7.78. The van der Waals surface area contributed by atoms with E-state index in [-0.39, 0.29) is 0 Å². The fourth-order valence-electron chi connectivity index (χ4n) is 1.38. The number of aryl methyl sites for hydroxylation is 1. The van der Waals surface area contributed by atoms with Gasteiger partial charge in [0, 0.05) is 12.2 Å². The summed E-state index contributed by atoms with van der Waals surface area (Å²) in [6.45, 7) is 9.51. The van der Waals surface area contributed by atoms with Gasteiger partial charge in [0.15, 0.2) is 0 Å². The summed E-state index contributed by atoms with van der Waals surface area (Å²) in [6.07, 6.45) is 2.04. The average molecular weight is 181 g/mol. The zero-order chi connectivity index (χ0) is 9.84. The zero-order valence-electron chi connectivity index (χ0n) is 8.91. The fraction of sp³-hybridized carbons (Fsp3) is 0.700. The van der Waals surface area contributed by atoms with E-state index in [1.165, 1.54) is 0 Å². The molecule has 2 atom stereocenters. The summed E-state index contributed by atoms with van der Waals surface area (Å²) < 4.78 is 2.02. The van der Waals surface area contributed by atoms with Gasteiger partial charge in [-0.05, 0) is 33.4 Å². The van der Waals surface area contributed by atoms with Crippen molar-refractivity contribution in [2.75, 3.05) is 6.54 Å². The molecular weight excluding hydrogens is 162 g/mol. The van der Waals surface area contributed by atoms with Crippen molar-refractivity contribution in [1.82, 2.24) is 15.1 Å². The summed E-state index contributed by atoms with van der Waals surface area (Å²) in [7, 11) is 0. The molecule has 0 saturated heterocycles. The molecule has 1 heterocycles. The van der Waals surface area contributed by atoms with E-state index in [0.717, 1.165) is 12.2 Å². The highest BCUT2D eigenvalue weighted by atomic mass is 15.3. The Kier molecular flexibility index (Phi) is 3.48. The average Bonchev–Trinajstić information content (AvgIpc) is 2.51. The molecule has 74 valence electrons. The van der Waals surface area contributed by atoms with Crippen LogP contribution in [0, 0.1) is 6.92 Å². The van der Waals surface area contributed by atoms with Gasteiger partial charge in [-0.1, -0.05) is 6.92 Å². The van der Waals surface area contributed by atoms with Crippen molar-refractivity contribution in [2.45, 2.75) is 39.8 Å². The number of aromatic nitrogens is 2. The maximum Gasteiger partial charge on any atom is 0.0641 e. The van der Waals surface area contributed by atoms with Crippen LogP contribution in [0.2, 0.25) is 0 Å². The number of likely N-dealkylation sites (N-methyl/N-ethyl adjacent to an activating group) is 1. The molecule has 0 aromatic carbocycles. The van der Waals surface area contributed by atoms with Gasteiger partial charge in [-0.3, -0.25) is 4.68 Å². The maximum atomic E-state index is 4.39. The highest BCUT2D eigenvalue weighted by Crippen LogP contribution is 2.09. The van der Waals surface area contributed by atoms with Crippen LogP contribution in [0.4, 0.5) is 0 Å². The van der Waals surface area contributed by atoms with E-state index < -0.39 is 0 Å². The number of hydrogen-bond acceptors (Lipinski definition) is 2. The first kappa shape index (κ1) is 10.3. The largest absolute Gasteiger partial charge is 0.312 e. The molecule has 0 saturated carbocycles. The molecule has 0 radical (unpaired) electrons. The molecular formula is C10H19N3. The molecule has 0 aliphatic rings. The highest BCUT2D eigenvalue weighted by molar-refractivity contribution is 4.96. The number of rotatable bonds is 4. The Morgan fingerprint density at radius 2 is 2.23 bits per heavy atom. The highest BCUT2D eigenvalue weighted by Gasteiger charge is 2.12. The Morgan fingerprint density at radius 3 is 2.69 bits per heavy atom. The minimum atomic E-state index is 0.411. The number of nitrogens with zero attached hydrogens (tertiary/aromatic N) is 2. The smallest absolute Gasteiger partial charge is 0.0641 e. The molecule has 1 rings (SSSR count). The van der Waals surface area contributed by atoms with Crippen molar-refractivity contribution in [3.63, 3.8) is 0 Å². The molecule has 0 amide bonds. The van der Waals surface area contributed by atoms with Crippen LogP contribution >= 0.6 is 0 Å². The van der Waals surface area contributed by atoms with Crippen molar-refractivity contribution >= 4 is 0 Å². The van der Waals surface area contributed by atoms with Crippen LogP contribution in [-0.4, -0.2) is 22.4 Å². The van der Waals surface area contributed by atoms with E-state index in [4.69, 9.17) is 0 Å². The standard InChI is InChI=1S/C10H19N3/c1-5-11-9(3)10(4)13-7-6-8(2)12-13/h6-7,9-11H,5H2,1-4H3. The van der Waals surface area contributed by atoms with Gasteiger partial charge in [-0.2, -0.15) is 5.10 Å². The van der Waals surface area contributed by atoms with E-state index in [1.54, 1.807) is 0 Å². The van der Waals surface area contributed by atoms with Gasteiger partial charge < -0.3 is 5.32 Å². The lowest BCUT2D eigenvalue weighted by Gasteiger charge is -2.20. The zero-order valence-corrected chi connectivity index (χ0v) is 8.91. The van der Waals surface area contributed by atoms with Gasteiger partial charge in [0.25, 0.3) is 0 Å². The van der Waals surface area contributed by atoms with Gasteiger partial charge in [0.1, 0.15) is 0 Å². The lowest BCUT2D eigenvalue weighted by atomic mass is 10.2. The molecule has 2 unspecified atom stereocenters. The van der Waals surface area contributed by atoms with Crippen LogP contribution in [0.15, 0.2) is 12.3 Å². The molecule has 1 aromatic rings. The molecule has 3 heteroatoms. The summed E-state index contributed by atoms with van der Waals surface area (Å²) in [4.78, 5) is 0. The van der Waals surface area contributed by atoms with Gasteiger partial charge in [0.2, 0.25) is 0 Å². The Balaban J connectivity index is 2.61. The first-order valence-corrected chi connectivity index (χ1v) is 4.90. The van der Waals surface area contributed by atoms with Crippen LogP contribution < -0.4 is 5.32 Å². The molecule has 0 bridgehead atoms. The van der Waals surface area contributed by atoms with Crippen LogP contribution in [0.1, 0.15) is 32.5 Å². The second kappa shape index (κ2) is 4.42. The van der Waals surface area contributed by atoms with E-state index in [2.05, 4.69) is 31.2 Å². The maximum absolute atomic E-state index is 4.39. The Hall–Kier alpha value is -0.830. The van der Waals surface area contributed by atoms with E-state index in [1.807, 2.05) is 23.9 Å². The lowest BCUT2D eigenvalue weighted by Crippen LogP contribution is -2.33. The molecule has 0 fully saturated rings. The second-order valence-electron chi connectivity index (χ2n) is 3.52. The normalized spacial score (nSPS) is 15.7. The molecule has 0 aliphatic heterocycles. The first-order valence-electron chi connectivity index (χ1n) is 4.90. The third-order valence-corrected chi connectivity index (χ3v) is 2.41. The SMILES string of the molecule is CCNC(C)C(C)n1ccc(C)n1. The van der Waals surface area contributed by atoms with Crippen molar-refractivity contribution in [2.24, 2.45) is 0 Å². The van der Waals surface area contributed by atoms with Crippen molar-refractivity contribution < 1.29 is 0 Å². The Labute approximate surface area is 80.1 Å². The number of hydrogen-bond donors (Lipinski definition) is 1. The van der Waals surface area contributed by atoms with Gasteiger partial charge in [0.05, 0.1) is 11.7 Å². The van der Waals surface area contributed by atoms with Crippen LogP contribution in [0.3, 0.4) is 0 Å². The second-order valence-corrected chi connectivity index (χ2v) is 3.52. The monoisotopic (exact) mass is 181 g/mol. The van der Waals surface area contributed by atoms with Gasteiger partial charge in [-0.25, -0.2) is 0 Å². The third kappa shape index (κ3) is 2.56. The van der Waals surface area contributed by atoms with Crippen molar-refractivity contribution in [3.8, 4) is 0 Å². The van der Waals surface area contributed by atoms with Gasteiger partial charge in [-0.15, -0.1) is 0 Å².